The molecule has 0 aromatic rings. The van der Waals surface area contributed by atoms with E-state index in [0.717, 1.165) is 25.7 Å². The van der Waals surface area contributed by atoms with Crippen molar-refractivity contribution in [2.24, 2.45) is 5.92 Å². The van der Waals surface area contributed by atoms with Crippen LogP contribution in [0.4, 0.5) is 0 Å². The summed E-state index contributed by atoms with van der Waals surface area (Å²) in [6.45, 7) is 5.52. The summed E-state index contributed by atoms with van der Waals surface area (Å²) < 4.78 is 5.68. The Morgan fingerprint density at radius 2 is 1.85 bits per heavy atom. The number of hydrogen-bond donors (Lipinski definition) is 0. The lowest BCUT2D eigenvalue weighted by Crippen LogP contribution is -2.30. The van der Waals surface area contributed by atoms with Crippen LogP contribution in [-0.4, -0.2) is 18.0 Å². The van der Waals surface area contributed by atoms with Crippen molar-refractivity contribution >= 4 is 5.78 Å². The van der Waals surface area contributed by atoms with Crippen LogP contribution in [0.5, 0.6) is 0 Å². The van der Waals surface area contributed by atoms with Gasteiger partial charge in [0.15, 0.2) is 5.78 Å². The molecule has 0 radical (unpaired) electrons. The average Bonchev–Trinajstić information content (AvgIpc) is 2.44. The number of allylic oxidation sites excluding steroid dienone is 1. The lowest BCUT2D eigenvalue weighted by molar-refractivity contribution is -0.124. The number of fused-ring (bicyclic) bond motifs is 2. The standard InChI is InChI=1S/C11H16O2/c1-7(2)11(12)8-5-9-3-4-10(6-8)13-9/h8-10H,1,3-6H2,2H3. The first-order chi connectivity index (χ1) is 6.16. The van der Waals surface area contributed by atoms with Crippen LogP contribution in [0.15, 0.2) is 12.2 Å². The minimum atomic E-state index is 0.198. The summed E-state index contributed by atoms with van der Waals surface area (Å²) in [6, 6.07) is 0. The molecule has 2 heterocycles. The molecule has 2 saturated heterocycles. The number of ether oxygens (including phenoxy) is 1. The second-order valence-electron chi connectivity index (χ2n) is 4.27. The molecule has 2 bridgehead atoms. The van der Waals surface area contributed by atoms with Gasteiger partial charge in [0.1, 0.15) is 0 Å². The second kappa shape index (κ2) is 3.26. The zero-order chi connectivity index (χ0) is 9.42. The monoisotopic (exact) mass is 180 g/mol. The summed E-state index contributed by atoms with van der Waals surface area (Å²) in [5, 5.41) is 0. The maximum Gasteiger partial charge on any atom is 0.161 e. The first kappa shape index (κ1) is 8.95. The largest absolute Gasteiger partial charge is 0.375 e. The van der Waals surface area contributed by atoms with E-state index in [9.17, 15) is 4.79 Å². The fourth-order valence-electron chi connectivity index (χ4n) is 2.42. The van der Waals surface area contributed by atoms with Crippen LogP contribution in [0.2, 0.25) is 0 Å². The Morgan fingerprint density at radius 1 is 1.31 bits per heavy atom. The molecular weight excluding hydrogens is 164 g/mol. The van der Waals surface area contributed by atoms with Crippen molar-refractivity contribution in [3.05, 3.63) is 12.2 Å². The molecule has 0 aliphatic carbocycles. The number of Topliss-reactive ketones (excluding diaryl/α,β-unsaturated/α-hetero) is 1. The van der Waals surface area contributed by atoms with Gasteiger partial charge in [-0.3, -0.25) is 4.79 Å². The molecule has 72 valence electrons. The second-order valence-corrected chi connectivity index (χ2v) is 4.27. The van der Waals surface area contributed by atoms with E-state index in [1.165, 1.54) is 0 Å². The number of ketones is 1. The normalized spacial score (nSPS) is 37.5. The third-order valence-electron chi connectivity index (χ3n) is 3.08. The Labute approximate surface area is 79.0 Å². The van der Waals surface area contributed by atoms with Gasteiger partial charge in [-0.1, -0.05) is 6.58 Å². The predicted molar refractivity (Wildman–Crippen MR) is 50.4 cm³/mol. The van der Waals surface area contributed by atoms with Crippen molar-refractivity contribution in [3.63, 3.8) is 0 Å². The third-order valence-corrected chi connectivity index (χ3v) is 3.08. The van der Waals surface area contributed by atoms with E-state index in [1.807, 2.05) is 0 Å². The number of carbonyl (C=O) groups excluding carboxylic acids is 1. The van der Waals surface area contributed by atoms with Gasteiger partial charge in [-0.25, -0.2) is 0 Å². The molecule has 0 saturated carbocycles. The molecule has 0 aromatic carbocycles. The smallest absolute Gasteiger partial charge is 0.161 e. The first-order valence-corrected chi connectivity index (χ1v) is 5.02. The highest BCUT2D eigenvalue weighted by Gasteiger charge is 2.37. The van der Waals surface area contributed by atoms with Gasteiger partial charge in [0.2, 0.25) is 0 Å². The van der Waals surface area contributed by atoms with Crippen LogP contribution in [0, 0.1) is 5.92 Å². The van der Waals surface area contributed by atoms with E-state index in [-0.39, 0.29) is 11.7 Å². The number of hydrogen-bond acceptors (Lipinski definition) is 2. The summed E-state index contributed by atoms with van der Waals surface area (Å²) in [6.07, 6.45) is 4.83. The Kier molecular flexibility index (Phi) is 2.24. The van der Waals surface area contributed by atoms with Gasteiger partial charge in [0.05, 0.1) is 12.2 Å². The Balaban J connectivity index is 2.02. The predicted octanol–water partition coefficient (Wildman–Crippen LogP) is 2.09. The van der Waals surface area contributed by atoms with Crippen LogP contribution in [0.1, 0.15) is 32.6 Å². The summed E-state index contributed by atoms with van der Waals surface area (Å²) in [5.74, 6) is 0.448. The Morgan fingerprint density at radius 3 is 2.31 bits per heavy atom. The molecular formula is C11H16O2. The van der Waals surface area contributed by atoms with Crippen LogP contribution in [-0.2, 0) is 9.53 Å². The zero-order valence-corrected chi connectivity index (χ0v) is 8.08. The van der Waals surface area contributed by atoms with E-state index in [1.54, 1.807) is 6.92 Å². The van der Waals surface area contributed by atoms with E-state index in [2.05, 4.69) is 6.58 Å². The summed E-state index contributed by atoms with van der Waals surface area (Å²) in [4.78, 5) is 11.7. The van der Waals surface area contributed by atoms with Crippen LogP contribution in [0.25, 0.3) is 0 Å². The lowest BCUT2D eigenvalue weighted by Gasteiger charge is -2.27. The Hall–Kier alpha value is -0.630. The zero-order valence-electron chi connectivity index (χ0n) is 8.08. The fourth-order valence-corrected chi connectivity index (χ4v) is 2.42. The maximum atomic E-state index is 11.7. The molecule has 0 aromatic heterocycles. The topological polar surface area (TPSA) is 26.3 Å². The van der Waals surface area contributed by atoms with Crippen molar-refractivity contribution in [2.45, 2.75) is 44.8 Å². The highest BCUT2D eigenvalue weighted by molar-refractivity contribution is 5.96. The average molecular weight is 180 g/mol. The van der Waals surface area contributed by atoms with Gasteiger partial charge < -0.3 is 4.74 Å². The van der Waals surface area contributed by atoms with Crippen LogP contribution < -0.4 is 0 Å². The van der Waals surface area contributed by atoms with Gasteiger partial charge in [-0.05, 0) is 38.2 Å². The minimum Gasteiger partial charge on any atom is -0.375 e. The number of rotatable bonds is 2. The van der Waals surface area contributed by atoms with Gasteiger partial charge in [0, 0.05) is 5.92 Å². The van der Waals surface area contributed by atoms with Gasteiger partial charge >= 0.3 is 0 Å². The number of carbonyl (C=O) groups is 1. The van der Waals surface area contributed by atoms with E-state index < -0.39 is 0 Å². The summed E-state index contributed by atoms with van der Waals surface area (Å²) in [5.41, 5.74) is 0.700. The molecule has 0 amide bonds. The fraction of sp³-hybridized carbons (Fsp3) is 0.727. The SMILES string of the molecule is C=C(C)C(=O)C1CC2CCC(C1)O2. The van der Waals surface area contributed by atoms with Crippen molar-refractivity contribution in [2.75, 3.05) is 0 Å². The van der Waals surface area contributed by atoms with Gasteiger partial charge in [0.25, 0.3) is 0 Å². The highest BCUT2D eigenvalue weighted by atomic mass is 16.5. The van der Waals surface area contributed by atoms with Crippen LogP contribution in [0.3, 0.4) is 0 Å². The summed E-state index contributed by atoms with van der Waals surface area (Å²) in [7, 11) is 0. The maximum absolute atomic E-state index is 11.7. The molecule has 0 spiro atoms. The van der Waals surface area contributed by atoms with Crippen molar-refractivity contribution in [1.82, 2.24) is 0 Å². The first-order valence-electron chi connectivity index (χ1n) is 5.02. The Bertz CT molecular complexity index is 232. The highest BCUT2D eigenvalue weighted by Crippen LogP contribution is 2.36. The molecule has 2 atom stereocenters. The van der Waals surface area contributed by atoms with Crippen molar-refractivity contribution in [1.29, 1.82) is 0 Å². The molecule has 2 unspecified atom stereocenters. The molecule has 2 heteroatoms. The third kappa shape index (κ3) is 1.68. The van der Waals surface area contributed by atoms with E-state index >= 15 is 0 Å². The van der Waals surface area contributed by atoms with E-state index in [0.29, 0.717) is 17.8 Å². The molecule has 2 aliphatic heterocycles. The molecule has 2 nitrogen and oxygen atoms in total. The molecule has 2 aliphatic rings. The van der Waals surface area contributed by atoms with E-state index in [4.69, 9.17) is 4.74 Å². The molecule has 2 rings (SSSR count). The molecule has 0 N–H and O–H groups in total. The minimum absolute atomic E-state index is 0.198. The molecule has 13 heavy (non-hydrogen) atoms. The van der Waals surface area contributed by atoms with Crippen molar-refractivity contribution in [3.8, 4) is 0 Å². The lowest BCUT2D eigenvalue weighted by atomic mass is 9.89. The quantitative estimate of drug-likeness (QED) is 0.608. The van der Waals surface area contributed by atoms with Gasteiger partial charge in [-0.2, -0.15) is 0 Å². The van der Waals surface area contributed by atoms with Crippen molar-refractivity contribution < 1.29 is 9.53 Å². The summed E-state index contributed by atoms with van der Waals surface area (Å²) >= 11 is 0. The van der Waals surface area contributed by atoms with Gasteiger partial charge in [-0.15, -0.1) is 0 Å². The molecule has 2 fully saturated rings. The van der Waals surface area contributed by atoms with Crippen LogP contribution >= 0.6 is 0 Å².